The molecule has 2 atom stereocenters. The van der Waals surface area contributed by atoms with Crippen LogP contribution in [0, 0.1) is 10.1 Å². The van der Waals surface area contributed by atoms with Crippen molar-refractivity contribution in [3.63, 3.8) is 0 Å². The molecule has 7 heteroatoms. The van der Waals surface area contributed by atoms with Gasteiger partial charge in [0.05, 0.1) is 17.1 Å². The first-order chi connectivity index (χ1) is 8.22. The van der Waals surface area contributed by atoms with Gasteiger partial charge in [0.1, 0.15) is 0 Å². The van der Waals surface area contributed by atoms with Gasteiger partial charge in [-0.2, -0.15) is 0 Å². The maximum absolute atomic E-state index is 10.8. The first kappa shape index (κ1) is 11.7. The standard InChI is InChI=1S/C10H14N4O3/c1-17-9-6-11-5-7(9)13-10-8(14(15)16)3-2-4-12-10/h2-4,7,9,11H,5-6H2,1H3,(H,12,13)/t7?,9-/m1/s1. The number of hydrogen-bond acceptors (Lipinski definition) is 6. The molecule has 92 valence electrons. The van der Waals surface area contributed by atoms with E-state index < -0.39 is 4.92 Å². The van der Waals surface area contributed by atoms with E-state index in [4.69, 9.17) is 4.74 Å². The average molecular weight is 238 g/mol. The van der Waals surface area contributed by atoms with E-state index in [2.05, 4.69) is 15.6 Å². The molecule has 2 N–H and O–H groups in total. The summed E-state index contributed by atoms with van der Waals surface area (Å²) >= 11 is 0. The zero-order valence-corrected chi connectivity index (χ0v) is 9.42. The average Bonchev–Trinajstić information content (AvgIpc) is 2.77. The minimum Gasteiger partial charge on any atom is -0.378 e. The Morgan fingerprint density at radius 3 is 3.18 bits per heavy atom. The molecule has 0 bridgehead atoms. The Labute approximate surface area is 98.3 Å². The lowest BCUT2D eigenvalue weighted by Gasteiger charge is -2.18. The van der Waals surface area contributed by atoms with Crippen LogP contribution in [0.1, 0.15) is 0 Å². The summed E-state index contributed by atoms with van der Waals surface area (Å²) in [6, 6.07) is 2.97. The van der Waals surface area contributed by atoms with Crippen LogP contribution < -0.4 is 10.6 Å². The van der Waals surface area contributed by atoms with Crippen molar-refractivity contribution >= 4 is 11.5 Å². The maximum Gasteiger partial charge on any atom is 0.311 e. The van der Waals surface area contributed by atoms with Gasteiger partial charge in [-0.15, -0.1) is 0 Å². The fraction of sp³-hybridized carbons (Fsp3) is 0.500. The molecule has 2 rings (SSSR count). The normalized spacial score (nSPS) is 23.6. The number of ether oxygens (including phenoxy) is 1. The maximum atomic E-state index is 10.8. The molecule has 1 aliphatic rings. The Morgan fingerprint density at radius 2 is 2.47 bits per heavy atom. The lowest BCUT2D eigenvalue weighted by Crippen LogP contribution is -2.34. The van der Waals surface area contributed by atoms with Crippen LogP contribution in [-0.4, -0.2) is 42.3 Å². The van der Waals surface area contributed by atoms with Gasteiger partial charge in [0.2, 0.25) is 5.82 Å². The number of rotatable bonds is 4. The first-order valence-corrected chi connectivity index (χ1v) is 5.32. The summed E-state index contributed by atoms with van der Waals surface area (Å²) in [5.74, 6) is 0.285. The van der Waals surface area contributed by atoms with Crippen LogP contribution in [0.4, 0.5) is 11.5 Å². The molecule has 0 aromatic carbocycles. The van der Waals surface area contributed by atoms with Gasteiger partial charge in [0.25, 0.3) is 0 Å². The molecule has 2 heterocycles. The van der Waals surface area contributed by atoms with E-state index >= 15 is 0 Å². The summed E-state index contributed by atoms with van der Waals surface area (Å²) in [6.07, 6.45) is 1.52. The molecular weight excluding hydrogens is 224 g/mol. The van der Waals surface area contributed by atoms with E-state index in [0.29, 0.717) is 6.54 Å². The summed E-state index contributed by atoms with van der Waals surface area (Å²) in [7, 11) is 1.62. The zero-order chi connectivity index (χ0) is 12.3. The van der Waals surface area contributed by atoms with E-state index in [1.807, 2.05) is 0 Å². The highest BCUT2D eigenvalue weighted by Gasteiger charge is 2.29. The SMILES string of the molecule is CO[C@@H]1CNCC1Nc1ncccc1[N+](=O)[O-]. The van der Waals surface area contributed by atoms with Gasteiger partial charge in [-0.05, 0) is 6.07 Å². The molecule has 1 aromatic heterocycles. The lowest BCUT2D eigenvalue weighted by atomic mass is 10.2. The molecule has 0 spiro atoms. The van der Waals surface area contributed by atoms with Crippen LogP contribution in [0.25, 0.3) is 0 Å². The van der Waals surface area contributed by atoms with Crippen LogP contribution in [0.2, 0.25) is 0 Å². The predicted octanol–water partition coefficient (Wildman–Crippen LogP) is 0.389. The van der Waals surface area contributed by atoms with Crippen molar-refractivity contribution in [2.45, 2.75) is 12.1 Å². The quantitative estimate of drug-likeness (QED) is 0.582. The number of pyridine rings is 1. The minimum absolute atomic E-state index is 0.00314. The lowest BCUT2D eigenvalue weighted by molar-refractivity contribution is -0.384. The second kappa shape index (κ2) is 5.07. The molecule has 1 saturated heterocycles. The van der Waals surface area contributed by atoms with Gasteiger partial charge in [0.15, 0.2) is 0 Å². The topological polar surface area (TPSA) is 89.3 Å². The van der Waals surface area contributed by atoms with Crippen molar-refractivity contribution in [1.29, 1.82) is 0 Å². The highest BCUT2D eigenvalue weighted by molar-refractivity contribution is 5.55. The van der Waals surface area contributed by atoms with E-state index in [0.717, 1.165) is 6.54 Å². The Bertz CT molecular complexity index is 412. The van der Waals surface area contributed by atoms with Crippen molar-refractivity contribution in [1.82, 2.24) is 10.3 Å². The number of nitrogens with one attached hydrogen (secondary N) is 2. The third kappa shape index (κ3) is 2.51. The molecule has 0 amide bonds. The van der Waals surface area contributed by atoms with Crippen LogP contribution in [0.15, 0.2) is 18.3 Å². The molecule has 0 radical (unpaired) electrons. The van der Waals surface area contributed by atoms with Gasteiger partial charge in [0, 0.05) is 32.5 Å². The summed E-state index contributed by atoms with van der Waals surface area (Å²) in [4.78, 5) is 14.4. The van der Waals surface area contributed by atoms with Gasteiger partial charge < -0.3 is 15.4 Å². The largest absolute Gasteiger partial charge is 0.378 e. The van der Waals surface area contributed by atoms with Crippen molar-refractivity contribution in [2.24, 2.45) is 0 Å². The third-order valence-corrected chi connectivity index (χ3v) is 2.77. The Kier molecular flexibility index (Phi) is 3.50. The van der Waals surface area contributed by atoms with Gasteiger partial charge in [-0.1, -0.05) is 0 Å². The summed E-state index contributed by atoms with van der Waals surface area (Å²) in [6.45, 7) is 1.43. The van der Waals surface area contributed by atoms with Crippen molar-refractivity contribution in [2.75, 3.05) is 25.5 Å². The van der Waals surface area contributed by atoms with Crippen molar-refractivity contribution in [3.05, 3.63) is 28.4 Å². The summed E-state index contributed by atoms with van der Waals surface area (Å²) < 4.78 is 5.27. The zero-order valence-electron chi connectivity index (χ0n) is 9.42. The van der Waals surface area contributed by atoms with E-state index in [-0.39, 0.29) is 23.7 Å². The van der Waals surface area contributed by atoms with Gasteiger partial charge in [-0.3, -0.25) is 10.1 Å². The van der Waals surface area contributed by atoms with Gasteiger partial charge >= 0.3 is 5.69 Å². The predicted molar refractivity (Wildman–Crippen MR) is 62.0 cm³/mol. The van der Waals surface area contributed by atoms with E-state index in [9.17, 15) is 10.1 Å². The molecule has 7 nitrogen and oxygen atoms in total. The third-order valence-electron chi connectivity index (χ3n) is 2.77. The number of nitrogens with zero attached hydrogens (tertiary/aromatic N) is 2. The molecular formula is C10H14N4O3. The second-order valence-corrected chi connectivity index (χ2v) is 3.81. The highest BCUT2D eigenvalue weighted by atomic mass is 16.6. The molecule has 0 saturated carbocycles. The number of aromatic nitrogens is 1. The molecule has 1 aromatic rings. The van der Waals surface area contributed by atoms with Crippen LogP contribution in [-0.2, 0) is 4.74 Å². The number of hydrogen-bond donors (Lipinski definition) is 2. The van der Waals surface area contributed by atoms with E-state index in [1.54, 1.807) is 13.2 Å². The molecule has 1 unspecified atom stereocenters. The fourth-order valence-electron chi connectivity index (χ4n) is 1.88. The molecule has 0 aliphatic carbocycles. The molecule has 17 heavy (non-hydrogen) atoms. The highest BCUT2D eigenvalue weighted by Crippen LogP contribution is 2.22. The van der Waals surface area contributed by atoms with Crippen molar-refractivity contribution in [3.8, 4) is 0 Å². The number of nitro groups is 1. The van der Waals surface area contributed by atoms with Crippen LogP contribution >= 0.6 is 0 Å². The minimum atomic E-state index is -0.445. The Hall–Kier alpha value is -1.73. The van der Waals surface area contributed by atoms with E-state index in [1.165, 1.54) is 12.3 Å². The fourth-order valence-corrected chi connectivity index (χ4v) is 1.88. The number of anilines is 1. The smallest absolute Gasteiger partial charge is 0.311 e. The second-order valence-electron chi connectivity index (χ2n) is 3.81. The summed E-state index contributed by atoms with van der Waals surface area (Å²) in [5, 5.41) is 17.0. The molecule has 1 aliphatic heterocycles. The first-order valence-electron chi connectivity index (χ1n) is 5.32. The molecule has 1 fully saturated rings. The summed E-state index contributed by atoms with van der Waals surface area (Å²) in [5.41, 5.74) is -0.0192. The van der Waals surface area contributed by atoms with Crippen LogP contribution in [0.3, 0.4) is 0 Å². The van der Waals surface area contributed by atoms with Crippen LogP contribution in [0.5, 0.6) is 0 Å². The Balaban J connectivity index is 2.15. The van der Waals surface area contributed by atoms with Crippen molar-refractivity contribution < 1.29 is 9.66 Å². The Morgan fingerprint density at radius 1 is 1.65 bits per heavy atom. The number of methoxy groups -OCH3 is 1. The van der Waals surface area contributed by atoms with Gasteiger partial charge in [-0.25, -0.2) is 4.98 Å². The monoisotopic (exact) mass is 238 g/mol.